The fraction of sp³-hybridized carbons (Fsp3) is 0.462. The number of hydrogen-bond acceptors (Lipinski definition) is 3. The largest absolute Gasteiger partial charge is 0.395 e. The summed E-state index contributed by atoms with van der Waals surface area (Å²) in [6.07, 6.45) is 0. The van der Waals surface area contributed by atoms with Crippen LogP contribution in [0.1, 0.15) is 25.0 Å². The number of hydrogen-bond donors (Lipinski definition) is 1. The Hall–Kier alpha value is -1.44. The maximum Gasteiger partial charge on any atom is 0.140 e. The van der Waals surface area contributed by atoms with Crippen LogP contribution in [0, 0.1) is 17.1 Å². The van der Waals surface area contributed by atoms with E-state index in [1.807, 2.05) is 19.9 Å². The zero-order chi connectivity index (χ0) is 12.8. The Morgan fingerprint density at radius 3 is 2.71 bits per heavy atom. The fourth-order valence-electron chi connectivity index (χ4n) is 1.64. The minimum atomic E-state index is -0.491. The maximum atomic E-state index is 13.1. The summed E-state index contributed by atoms with van der Waals surface area (Å²) >= 11 is 0. The van der Waals surface area contributed by atoms with Gasteiger partial charge >= 0.3 is 0 Å². The lowest BCUT2D eigenvalue weighted by atomic mass is 10.1. The Bertz CT molecular complexity index is 412. The van der Waals surface area contributed by atoms with Crippen LogP contribution in [0.15, 0.2) is 18.2 Å². The van der Waals surface area contributed by atoms with Crippen molar-refractivity contribution >= 4 is 0 Å². The van der Waals surface area contributed by atoms with Gasteiger partial charge in [0.05, 0.1) is 12.2 Å². The van der Waals surface area contributed by atoms with Crippen molar-refractivity contribution < 1.29 is 9.50 Å². The summed E-state index contributed by atoms with van der Waals surface area (Å²) in [5.41, 5.74) is 0.945. The Morgan fingerprint density at radius 2 is 2.18 bits per heavy atom. The van der Waals surface area contributed by atoms with Gasteiger partial charge in [-0.25, -0.2) is 4.39 Å². The molecular weight excluding hydrogens is 219 g/mol. The van der Waals surface area contributed by atoms with Crippen LogP contribution in [0.4, 0.5) is 4.39 Å². The summed E-state index contributed by atoms with van der Waals surface area (Å²) in [4.78, 5) is 2.06. The van der Waals surface area contributed by atoms with Crippen LogP contribution in [0.25, 0.3) is 0 Å². The van der Waals surface area contributed by atoms with E-state index < -0.39 is 5.82 Å². The predicted octanol–water partition coefficient (Wildman–Crippen LogP) is 1.90. The molecule has 0 atom stereocenters. The van der Waals surface area contributed by atoms with Crippen molar-refractivity contribution in [2.24, 2.45) is 0 Å². The highest BCUT2D eigenvalue weighted by Gasteiger charge is 2.10. The molecule has 17 heavy (non-hydrogen) atoms. The molecule has 0 aromatic heterocycles. The van der Waals surface area contributed by atoms with E-state index in [9.17, 15) is 4.39 Å². The Morgan fingerprint density at radius 1 is 1.47 bits per heavy atom. The minimum Gasteiger partial charge on any atom is -0.395 e. The smallest absolute Gasteiger partial charge is 0.140 e. The van der Waals surface area contributed by atoms with Gasteiger partial charge in [-0.2, -0.15) is 5.26 Å². The number of nitriles is 1. The summed E-state index contributed by atoms with van der Waals surface area (Å²) in [6, 6.07) is 6.65. The maximum absolute atomic E-state index is 13.1. The van der Waals surface area contributed by atoms with Gasteiger partial charge in [0.1, 0.15) is 11.9 Å². The standard InChI is InChI=1S/C13H17FN2O/c1-10(2)16(5-6-17)9-11-3-4-13(14)12(7-11)8-15/h3-4,7,10,17H,5-6,9H2,1-2H3. The third kappa shape index (κ3) is 3.81. The van der Waals surface area contributed by atoms with Crippen LogP contribution in [0.2, 0.25) is 0 Å². The van der Waals surface area contributed by atoms with E-state index in [0.717, 1.165) is 5.56 Å². The van der Waals surface area contributed by atoms with E-state index in [4.69, 9.17) is 10.4 Å². The summed E-state index contributed by atoms with van der Waals surface area (Å²) < 4.78 is 13.1. The number of aliphatic hydroxyl groups excluding tert-OH is 1. The average Bonchev–Trinajstić information content (AvgIpc) is 2.30. The number of nitrogens with zero attached hydrogens (tertiary/aromatic N) is 2. The van der Waals surface area contributed by atoms with Crippen LogP contribution < -0.4 is 0 Å². The zero-order valence-corrected chi connectivity index (χ0v) is 10.2. The first kappa shape index (κ1) is 13.6. The molecule has 0 spiro atoms. The van der Waals surface area contributed by atoms with Crippen molar-refractivity contribution in [2.45, 2.75) is 26.4 Å². The van der Waals surface area contributed by atoms with Crippen molar-refractivity contribution in [3.8, 4) is 6.07 Å². The molecule has 0 bridgehead atoms. The van der Waals surface area contributed by atoms with Gasteiger partial charge in [-0.05, 0) is 31.5 Å². The molecule has 0 amide bonds. The van der Waals surface area contributed by atoms with Gasteiger partial charge in [0.2, 0.25) is 0 Å². The molecule has 0 aliphatic rings. The molecule has 1 aromatic carbocycles. The summed E-state index contributed by atoms with van der Waals surface area (Å²) in [5.74, 6) is -0.491. The molecule has 0 radical (unpaired) electrons. The molecule has 0 saturated heterocycles. The molecule has 0 aliphatic heterocycles. The van der Waals surface area contributed by atoms with Crippen molar-refractivity contribution in [1.29, 1.82) is 5.26 Å². The Labute approximate surface area is 101 Å². The van der Waals surface area contributed by atoms with Gasteiger partial charge in [-0.15, -0.1) is 0 Å². The monoisotopic (exact) mass is 236 g/mol. The van der Waals surface area contributed by atoms with E-state index in [0.29, 0.717) is 13.1 Å². The van der Waals surface area contributed by atoms with Crippen molar-refractivity contribution in [3.05, 3.63) is 35.1 Å². The molecule has 3 nitrogen and oxygen atoms in total. The highest BCUT2D eigenvalue weighted by atomic mass is 19.1. The normalized spacial score (nSPS) is 10.9. The van der Waals surface area contributed by atoms with Crippen molar-refractivity contribution in [3.63, 3.8) is 0 Å². The van der Waals surface area contributed by atoms with E-state index >= 15 is 0 Å². The zero-order valence-electron chi connectivity index (χ0n) is 10.2. The van der Waals surface area contributed by atoms with E-state index in [2.05, 4.69) is 4.90 Å². The average molecular weight is 236 g/mol. The lowest BCUT2D eigenvalue weighted by molar-refractivity contribution is 0.159. The molecule has 1 rings (SSSR count). The molecule has 0 saturated carbocycles. The molecular formula is C13H17FN2O. The number of rotatable bonds is 5. The first-order chi connectivity index (χ1) is 8.08. The minimum absolute atomic E-state index is 0.0650. The second-order valence-electron chi connectivity index (χ2n) is 4.21. The Balaban J connectivity index is 2.83. The predicted molar refractivity (Wildman–Crippen MR) is 63.7 cm³/mol. The number of aliphatic hydroxyl groups is 1. The third-order valence-corrected chi connectivity index (χ3v) is 2.65. The first-order valence-corrected chi connectivity index (χ1v) is 5.62. The number of benzene rings is 1. The second-order valence-corrected chi connectivity index (χ2v) is 4.21. The molecule has 0 aliphatic carbocycles. The van der Waals surface area contributed by atoms with Gasteiger partial charge in [0, 0.05) is 19.1 Å². The van der Waals surface area contributed by atoms with Gasteiger partial charge in [0.25, 0.3) is 0 Å². The van der Waals surface area contributed by atoms with Gasteiger partial charge in [0.15, 0.2) is 0 Å². The SMILES string of the molecule is CC(C)N(CCO)Cc1ccc(F)c(C#N)c1. The van der Waals surface area contributed by atoms with Gasteiger partial charge < -0.3 is 5.11 Å². The van der Waals surface area contributed by atoms with Gasteiger partial charge in [-0.3, -0.25) is 4.90 Å². The summed E-state index contributed by atoms with van der Waals surface area (Å²) in [5, 5.41) is 17.7. The summed E-state index contributed by atoms with van der Waals surface area (Å²) in [6.45, 7) is 5.32. The molecule has 1 N–H and O–H groups in total. The second kappa shape index (κ2) is 6.33. The van der Waals surface area contributed by atoms with Crippen LogP contribution in [0.3, 0.4) is 0 Å². The lowest BCUT2D eigenvalue weighted by Gasteiger charge is -2.25. The molecule has 0 fully saturated rings. The van der Waals surface area contributed by atoms with Crippen LogP contribution in [0.5, 0.6) is 0 Å². The summed E-state index contributed by atoms with van der Waals surface area (Å²) in [7, 11) is 0. The lowest BCUT2D eigenvalue weighted by Crippen LogP contribution is -2.32. The quantitative estimate of drug-likeness (QED) is 0.849. The molecule has 0 heterocycles. The molecule has 4 heteroatoms. The number of halogens is 1. The van der Waals surface area contributed by atoms with E-state index in [-0.39, 0.29) is 18.2 Å². The van der Waals surface area contributed by atoms with Crippen LogP contribution >= 0.6 is 0 Å². The third-order valence-electron chi connectivity index (χ3n) is 2.65. The molecule has 92 valence electrons. The van der Waals surface area contributed by atoms with Crippen LogP contribution in [-0.4, -0.2) is 29.2 Å². The highest BCUT2D eigenvalue weighted by Crippen LogP contribution is 2.13. The van der Waals surface area contributed by atoms with Crippen molar-refractivity contribution in [1.82, 2.24) is 4.90 Å². The first-order valence-electron chi connectivity index (χ1n) is 5.62. The molecule has 1 aromatic rings. The highest BCUT2D eigenvalue weighted by molar-refractivity contribution is 5.34. The molecule has 0 unspecified atom stereocenters. The van der Waals surface area contributed by atoms with Crippen molar-refractivity contribution in [2.75, 3.05) is 13.2 Å². The van der Waals surface area contributed by atoms with Gasteiger partial charge in [-0.1, -0.05) is 6.07 Å². The van der Waals surface area contributed by atoms with Crippen LogP contribution in [-0.2, 0) is 6.54 Å². The van der Waals surface area contributed by atoms with E-state index in [1.54, 1.807) is 12.1 Å². The van der Waals surface area contributed by atoms with E-state index in [1.165, 1.54) is 6.07 Å². The Kier molecular flexibility index (Phi) is 5.08. The fourth-order valence-corrected chi connectivity index (χ4v) is 1.64. The topological polar surface area (TPSA) is 47.3 Å².